The third-order valence-corrected chi connectivity index (χ3v) is 3.79. The molecule has 2 heterocycles. The highest BCUT2D eigenvalue weighted by Crippen LogP contribution is 2.17. The first kappa shape index (κ1) is 18.2. The first-order valence-electron chi connectivity index (χ1n) is 8.42. The van der Waals surface area contributed by atoms with Crippen molar-refractivity contribution in [2.24, 2.45) is 0 Å². The van der Waals surface area contributed by atoms with Crippen LogP contribution in [0.4, 0.5) is 11.5 Å². The monoisotopic (exact) mass is 361 g/mol. The second-order valence-corrected chi connectivity index (χ2v) is 5.99. The van der Waals surface area contributed by atoms with E-state index in [1.807, 2.05) is 18.2 Å². The van der Waals surface area contributed by atoms with E-state index < -0.39 is 0 Å². The van der Waals surface area contributed by atoms with Gasteiger partial charge in [0.1, 0.15) is 17.3 Å². The summed E-state index contributed by atoms with van der Waals surface area (Å²) >= 11 is 0. The van der Waals surface area contributed by atoms with Crippen molar-refractivity contribution in [1.29, 1.82) is 0 Å². The number of nitrogens with one attached hydrogen (secondary N) is 2. The number of nitrogens with zero attached hydrogens (tertiary/aromatic N) is 3. The van der Waals surface area contributed by atoms with Gasteiger partial charge in [-0.3, -0.25) is 14.6 Å². The minimum absolute atomic E-state index is 0.0204. The zero-order valence-corrected chi connectivity index (χ0v) is 15.1. The molecule has 3 aromatic rings. The van der Waals surface area contributed by atoms with Crippen LogP contribution < -0.4 is 10.6 Å². The van der Waals surface area contributed by atoms with E-state index in [4.69, 9.17) is 0 Å². The lowest BCUT2D eigenvalue weighted by atomic mass is 10.1. The predicted molar refractivity (Wildman–Crippen MR) is 102 cm³/mol. The van der Waals surface area contributed by atoms with Crippen LogP contribution in [0.25, 0.3) is 0 Å². The van der Waals surface area contributed by atoms with Gasteiger partial charge >= 0.3 is 0 Å². The number of aromatic nitrogens is 3. The fourth-order valence-electron chi connectivity index (χ4n) is 2.49. The SMILES string of the molecule is CC(=O)c1cccc(Nc2cc(C(=O)NCc3cccnc3)nc(C)n2)c1. The van der Waals surface area contributed by atoms with Crippen LogP contribution in [0.2, 0.25) is 0 Å². The fourth-order valence-corrected chi connectivity index (χ4v) is 2.49. The molecule has 0 radical (unpaired) electrons. The molecule has 2 aromatic heterocycles. The summed E-state index contributed by atoms with van der Waals surface area (Å²) in [5.41, 5.74) is 2.47. The van der Waals surface area contributed by atoms with Crippen molar-refractivity contribution in [3.63, 3.8) is 0 Å². The molecule has 0 spiro atoms. The Hall–Kier alpha value is -3.61. The Bertz CT molecular complexity index is 973. The number of anilines is 2. The number of hydrogen-bond acceptors (Lipinski definition) is 6. The number of Topliss-reactive ketones (excluding diaryl/α,β-unsaturated/α-hetero) is 1. The molecule has 0 bridgehead atoms. The van der Waals surface area contributed by atoms with Crippen LogP contribution >= 0.6 is 0 Å². The molecule has 7 nitrogen and oxygen atoms in total. The maximum absolute atomic E-state index is 12.4. The van der Waals surface area contributed by atoms with E-state index in [9.17, 15) is 9.59 Å². The summed E-state index contributed by atoms with van der Waals surface area (Å²) in [6, 6.07) is 12.4. The molecule has 27 heavy (non-hydrogen) atoms. The van der Waals surface area contributed by atoms with Crippen molar-refractivity contribution >= 4 is 23.2 Å². The van der Waals surface area contributed by atoms with Gasteiger partial charge in [0.05, 0.1) is 0 Å². The van der Waals surface area contributed by atoms with E-state index in [2.05, 4.69) is 25.6 Å². The van der Waals surface area contributed by atoms with E-state index in [1.54, 1.807) is 43.6 Å². The molecule has 0 saturated carbocycles. The van der Waals surface area contributed by atoms with E-state index in [0.717, 1.165) is 5.56 Å². The minimum atomic E-state index is -0.301. The molecule has 0 saturated heterocycles. The molecule has 1 aromatic carbocycles. The van der Waals surface area contributed by atoms with Crippen molar-refractivity contribution in [3.05, 3.63) is 77.5 Å². The van der Waals surface area contributed by atoms with Crippen molar-refractivity contribution in [2.45, 2.75) is 20.4 Å². The molecule has 0 atom stereocenters. The van der Waals surface area contributed by atoms with E-state index in [-0.39, 0.29) is 17.4 Å². The molecule has 2 N–H and O–H groups in total. The van der Waals surface area contributed by atoms with Crippen LogP contribution in [-0.2, 0) is 6.54 Å². The summed E-state index contributed by atoms with van der Waals surface area (Å²) < 4.78 is 0. The van der Waals surface area contributed by atoms with Gasteiger partial charge in [0, 0.05) is 36.3 Å². The summed E-state index contributed by atoms with van der Waals surface area (Å²) in [6.07, 6.45) is 3.37. The van der Waals surface area contributed by atoms with Gasteiger partial charge in [0.25, 0.3) is 5.91 Å². The number of rotatable bonds is 6. The van der Waals surface area contributed by atoms with Gasteiger partial charge in [-0.1, -0.05) is 18.2 Å². The van der Waals surface area contributed by atoms with Gasteiger partial charge in [-0.05, 0) is 37.6 Å². The topological polar surface area (TPSA) is 96.9 Å². The van der Waals surface area contributed by atoms with Gasteiger partial charge in [-0.25, -0.2) is 9.97 Å². The number of benzene rings is 1. The number of carbonyl (C=O) groups excluding carboxylic acids is 2. The summed E-state index contributed by atoms with van der Waals surface area (Å²) in [7, 11) is 0. The maximum atomic E-state index is 12.4. The van der Waals surface area contributed by atoms with E-state index in [1.165, 1.54) is 6.92 Å². The molecule has 0 aliphatic heterocycles. The zero-order chi connectivity index (χ0) is 19.2. The Morgan fingerprint density at radius 3 is 2.67 bits per heavy atom. The average Bonchev–Trinajstić information content (AvgIpc) is 2.66. The Morgan fingerprint density at radius 1 is 1.07 bits per heavy atom. The van der Waals surface area contributed by atoms with Crippen LogP contribution in [0.15, 0.2) is 54.9 Å². The van der Waals surface area contributed by atoms with Crippen molar-refractivity contribution < 1.29 is 9.59 Å². The summed E-state index contributed by atoms with van der Waals surface area (Å²) in [6.45, 7) is 3.59. The molecular weight excluding hydrogens is 342 g/mol. The van der Waals surface area contributed by atoms with Crippen LogP contribution in [0.3, 0.4) is 0 Å². The second-order valence-electron chi connectivity index (χ2n) is 5.99. The molecule has 0 aliphatic rings. The van der Waals surface area contributed by atoms with Crippen molar-refractivity contribution in [3.8, 4) is 0 Å². The third-order valence-electron chi connectivity index (χ3n) is 3.79. The summed E-state index contributed by atoms with van der Waals surface area (Å²) in [5, 5.41) is 5.93. The quantitative estimate of drug-likeness (QED) is 0.655. The number of carbonyl (C=O) groups is 2. The molecule has 1 amide bonds. The van der Waals surface area contributed by atoms with Gasteiger partial charge in [0.2, 0.25) is 0 Å². The number of pyridine rings is 1. The van der Waals surface area contributed by atoms with E-state index >= 15 is 0 Å². The predicted octanol–water partition coefficient (Wildman–Crippen LogP) is 3.06. The average molecular weight is 361 g/mol. The lowest BCUT2D eigenvalue weighted by molar-refractivity contribution is 0.0944. The smallest absolute Gasteiger partial charge is 0.270 e. The second kappa shape index (κ2) is 8.18. The number of aryl methyl sites for hydroxylation is 1. The number of hydrogen-bond donors (Lipinski definition) is 2. The first-order chi connectivity index (χ1) is 13.0. The van der Waals surface area contributed by atoms with Crippen LogP contribution in [0.1, 0.15) is 39.2 Å². The summed E-state index contributed by atoms with van der Waals surface area (Å²) in [5.74, 6) is 0.627. The van der Waals surface area contributed by atoms with Crippen LogP contribution in [-0.4, -0.2) is 26.6 Å². The highest BCUT2D eigenvalue weighted by atomic mass is 16.1. The lowest BCUT2D eigenvalue weighted by Crippen LogP contribution is -2.24. The Morgan fingerprint density at radius 2 is 1.93 bits per heavy atom. The lowest BCUT2D eigenvalue weighted by Gasteiger charge is -2.10. The number of ketones is 1. The highest BCUT2D eigenvalue weighted by Gasteiger charge is 2.11. The molecule has 136 valence electrons. The molecule has 3 rings (SSSR count). The van der Waals surface area contributed by atoms with Gasteiger partial charge in [-0.2, -0.15) is 0 Å². The van der Waals surface area contributed by atoms with Crippen LogP contribution in [0, 0.1) is 6.92 Å². The molecule has 0 unspecified atom stereocenters. The fraction of sp³-hybridized carbons (Fsp3) is 0.150. The standard InChI is InChI=1S/C20H19N5O2/c1-13(26)16-6-3-7-17(9-16)25-19-10-18(23-14(2)24-19)20(27)22-12-15-5-4-8-21-11-15/h3-11H,12H2,1-2H3,(H,22,27)(H,23,24,25). The van der Waals surface area contributed by atoms with Gasteiger partial charge in [-0.15, -0.1) is 0 Å². The zero-order valence-electron chi connectivity index (χ0n) is 15.1. The summed E-state index contributed by atoms with van der Waals surface area (Å²) in [4.78, 5) is 36.5. The van der Waals surface area contributed by atoms with Crippen molar-refractivity contribution in [2.75, 3.05) is 5.32 Å². The van der Waals surface area contributed by atoms with Crippen LogP contribution in [0.5, 0.6) is 0 Å². The Labute approximate surface area is 156 Å². The molecule has 0 fully saturated rings. The molecular formula is C20H19N5O2. The first-order valence-corrected chi connectivity index (χ1v) is 8.42. The minimum Gasteiger partial charge on any atom is -0.347 e. The third kappa shape index (κ3) is 4.94. The number of amides is 1. The van der Waals surface area contributed by atoms with Crippen molar-refractivity contribution in [1.82, 2.24) is 20.3 Å². The van der Waals surface area contributed by atoms with E-state index in [0.29, 0.717) is 29.4 Å². The molecule has 0 aliphatic carbocycles. The highest BCUT2D eigenvalue weighted by molar-refractivity contribution is 5.95. The molecule has 7 heteroatoms. The van der Waals surface area contributed by atoms with Gasteiger partial charge < -0.3 is 10.6 Å². The Balaban J connectivity index is 1.74. The largest absolute Gasteiger partial charge is 0.347 e. The normalized spacial score (nSPS) is 10.3. The maximum Gasteiger partial charge on any atom is 0.270 e. The Kier molecular flexibility index (Phi) is 5.51. The van der Waals surface area contributed by atoms with Gasteiger partial charge in [0.15, 0.2) is 5.78 Å².